The average Bonchev–Trinajstić information content (AvgIpc) is 2.31. The maximum absolute atomic E-state index is 6.10. The Kier molecular flexibility index (Phi) is 3.92. The first-order valence-electron chi connectivity index (χ1n) is 6.11. The number of nitrogens with one attached hydrogen (secondary N) is 2. The van der Waals surface area contributed by atoms with Gasteiger partial charge in [-0.2, -0.15) is 4.98 Å². The van der Waals surface area contributed by atoms with Crippen molar-refractivity contribution in [1.29, 1.82) is 0 Å². The molecule has 18 heavy (non-hydrogen) atoms. The Morgan fingerprint density at radius 1 is 1.50 bits per heavy atom. The lowest BCUT2D eigenvalue weighted by molar-refractivity contribution is -0.0553. The first-order valence-corrected chi connectivity index (χ1v) is 6.49. The van der Waals surface area contributed by atoms with Crippen LogP contribution in [0.2, 0.25) is 5.02 Å². The van der Waals surface area contributed by atoms with E-state index in [0.29, 0.717) is 22.8 Å². The minimum Gasteiger partial charge on any atom is -0.375 e. The molecule has 1 aliphatic heterocycles. The average molecular weight is 271 g/mol. The van der Waals surface area contributed by atoms with E-state index in [9.17, 15) is 0 Å². The van der Waals surface area contributed by atoms with Crippen molar-refractivity contribution in [3.63, 3.8) is 0 Å². The van der Waals surface area contributed by atoms with Crippen molar-refractivity contribution in [2.45, 2.75) is 38.3 Å². The lowest BCUT2D eigenvalue weighted by Crippen LogP contribution is -2.40. The van der Waals surface area contributed by atoms with Crippen molar-refractivity contribution in [2.24, 2.45) is 0 Å². The Bertz CT molecular complexity index is 425. The predicted octanol–water partition coefficient (Wildman–Crippen LogP) is 2.54. The molecule has 0 radical (unpaired) electrons. The van der Waals surface area contributed by atoms with Gasteiger partial charge >= 0.3 is 0 Å². The zero-order valence-electron chi connectivity index (χ0n) is 11.0. The largest absolute Gasteiger partial charge is 0.375 e. The molecule has 2 heterocycles. The van der Waals surface area contributed by atoms with E-state index in [4.69, 9.17) is 16.3 Å². The molecule has 2 N–H and O–H groups in total. The highest BCUT2D eigenvalue weighted by molar-refractivity contribution is 6.32. The monoisotopic (exact) mass is 270 g/mol. The Labute approximate surface area is 112 Å². The first kappa shape index (κ1) is 13.4. The van der Waals surface area contributed by atoms with Gasteiger partial charge in [0.05, 0.1) is 11.8 Å². The van der Waals surface area contributed by atoms with Crippen LogP contribution in [0, 0.1) is 0 Å². The van der Waals surface area contributed by atoms with Crippen LogP contribution in [0.3, 0.4) is 0 Å². The smallest absolute Gasteiger partial charge is 0.224 e. The van der Waals surface area contributed by atoms with Crippen LogP contribution >= 0.6 is 11.6 Å². The lowest BCUT2D eigenvalue weighted by atomic mass is 9.94. The van der Waals surface area contributed by atoms with Crippen LogP contribution in [0.5, 0.6) is 0 Å². The molecule has 0 amide bonds. The standard InChI is InChI=1S/C12H19ClN4O/c1-12(2)6-8(4-5-18-12)16-10-9(13)7-15-11(14-3)17-10/h7-8H,4-6H2,1-3H3,(H2,14,15,16,17). The fraction of sp³-hybridized carbons (Fsp3) is 0.667. The van der Waals surface area contributed by atoms with Gasteiger partial charge in [-0.05, 0) is 26.7 Å². The van der Waals surface area contributed by atoms with Gasteiger partial charge < -0.3 is 15.4 Å². The number of hydrogen-bond donors (Lipinski definition) is 2. The van der Waals surface area contributed by atoms with E-state index in [1.165, 1.54) is 0 Å². The zero-order valence-corrected chi connectivity index (χ0v) is 11.7. The Hall–Kier alpha value is -1.07. The minimum absolute atomic E-state index is 0.0960. The fourth-order valence-electron chi connectivity index (χ4n) is 2.14. The van der Waals surface area contributed by atoms with Crippen LogP contribution in [0.4, 0.5) is 11.8 Å². The van der Waals surface area contributed by atoms with Gasteiger partial charge in [-0.1, -0.05) is 11.6 Å². The second-order valence-electron chi connectivity index (χ2n) is 5.08. The number of nitrogens with zero attached hydrogens (tertiary/aromatic N) is 2. The van der Waals surface area contributed by atoms with Gasteiger partial charge in [-0.15, -0.1) is 0 Å². The number of ether oxygens (including phenoxy) is 1. The summed E-state index contributed by atoms with van der Waals surface area (Å²) in [6, 6.07) is 0.325. The summed E-state index contributed by atoms with van der Waals surface area (Å²) in [5.41, 5.74) is -0.0960. The van der Waals surface area contributed by atoms with Crippen molar-refractivity contribution in [3.8, 4) is 0 Å². The Morgan fingerprint density at radius 3 is 2.94 bits per heavy atom. The number of anilines is 2. The summed E-state index contributed by atoms with van der Waals surface area (Å²) in [5, 5.41) is 6.82. The number of rotatable bonds is 3. The molecule has 1 fully saturated rings. The maximum atomic E-state index is 6.10. The molecule has 0 spiro atoms. The summed E-state index contributed by atoms with van der Waals surface area (Å²) in [7, 11) is 1.78. The van der Waals surface area contributed by atoms with Crippen LogP contribution < -0.4 is 10.6 Å². The van der Waals surface area contributed by atoms with E-state index in [0.717, 1.165) is 19.4 Å². The quantitative estimate of drug-likeness (QED) is 0.884. The third-order valence-corrected chi connectivity index (χ3v) is 3.28. The van der Waals surface area contributed by atoms with Gasteiger partial charge in [-0.25, -0.2) is 4.98 Å². The Balaban J connectivity index is 2.09. The molecule has 1 atom stereocenters. The highest BCUT2D eigenvalue weighted by Gasteiger charge is 2.29. The molecule has 0 aliphatic carbocycles. The topological polar surface area (TPSA) is 59.1 Å². The van der Waals surface area contributed by atoms with Crippen LogP contribution in [-0.4, -0.2) is 35.3 Å². The zero-order chi connectivity index (χ0) is 13.2. The van der Waals surface area contributed by atoms with Gasteiger partial charge in [-0.3, -0.25) is 0 Å². The van der Waals surface area contributed by atoms with Crippen molar-refractivity contribution < 1.29 is 4.74 Å². The molecule has 0 saturated carbocycles. The molecule has 1 unspecified atom stereocenters. The van der Waals surface area contributed by atoms with Crippen LogP contribution in [-0.2, 0) is 4.74 Å². The second kappa shape index (κ2) is 5.28. The van der Waals surface area contributed by atoms with Crippen molar-refractivity contribution in [2.75, 3.05) is 24.3 Å². The van der Waals surface area contributed by atoms with Gasteiger partial charge in [0.25, 0.3) is 0 Å². The normalized spacial score (nSPS) is 22.6. The summed E-state index contributed by atoms with van der Waals surface area (Å²) >= 11 is 6.10. The summed E-state index contributed by atoms with van der Waals surface area (Å²) in [4.78, 5) is 8.39. The summed E-state index contributed by atoms with van der Waals surface area (Å²) in [6.07, 6.45) is 3.49. The molecule has 0 aromatic carbocycles. The summed E-state index contributed by atoms with van der Waals surface area (Å²) in [5.74, 6) is 1.24. The third kappa shape index (κ3) is 3.23. The molecule has 5 nitrogen and oxygen atoms in total. The highest BCUT2D eigenvalue weighted by atomic mass is 35.5. The number of halogens is 1. The number of aromatic nitrogens is 2. The van der Waals surface area contributed by atoms with E-state index < -0.39 is 0 Å². The van der Waals surface area contributed by atoms with Crippen LogP contribution in [0.25, 0.3) is 0 Å². The Morgan fingerprint density at radius 2 is 2.28 bits per heavy atom. The van der Waals surface area contributed by atoms with E-state index in [-0.39, 0.29) is 5.60 Å². The van der Waals surface area contributed by atoms with E-state index >= 15 is 0 Å². The van der Waals surface area contributed by atoms with Crippen molar-refractivity contribution in [3.05, 3.63) is 11.2 Å². The second-order valence-corrected chi connectivity index (χ2v) is 5.49. The van der Waals surface area contributed by atoms with Crippen LogP contribution in [0.1, 0.15) is 26.7 Å². The van der Waals surface area contributed by atoms with Crippen molar-refractivity contribution >= 4 is 23.4 Å². The minimum atomic E-state index is -0.0960. The maximum Gasteiger partial charge on any atom is 0.224 e. The molecule has 1 aromatic rings. The summed E-state index contributed by atoms with van der Waals surface area (Å²) in [6.45, 7) is 4.95. The summed E-state index contributed by atoms with van der Waals surface area (Å²) < 4.78 is 5.69. The lowest BCUT2D eigenvalue weighted by Gasteiger charge is -2.36. The molecule has 1 aliphatic rings. The van der Waals surface area contributed by atoms with Gasteiger partial charge in [0, 0.05) is 19.7 Å². The van der Waals surface area contributed by atoms with Gasteiger partial charge in [0.15, 0.2) is 5.82 Å². The molecular weight excluding hydrogens is 252 g/mol. The fourth-order valence-corrected chi connectivity index (χ4v) is 2.28. The molecular formula is C12H19ClN4O. The molecule has 1 saturated heterocycles. The van der Waals surface area contributed by atoms with E-state index in [1.54, 1.807) is 13.2 Å². The van der Waals surface area contributed by atoms with Crippen LogP contribution in [0.15, 0.2) is 6.20 Å². The van der Waals surface area contributed by atoms with Gasteiger partial charge in [0.1, 0.15) is 5.02 Å². The first-order chi connectivity index (χ1) is 8.50. The molecule has 100 valence electrons. The SMILES string of the molecule is CNc1ncc(Cl)c(NC2CCOC(C)(C)C2)n1. The number of hydrogen-bond acceptors (Lipinski definition) is 5. The molecule has 1 aromatic heterocycles. The molecule has 0 bridgehead atoms. The third-order valence-electron chi connectivity index (χ3n) is 3.01. The highest BCUT2D eigenvalue weighted by Crippen LogP contribution is 2.28. The van der Waals surface area contributed by atoms with E-state index in [2.05, 4.69) is 34.4 Å². The van der Waals surface area contributed by atoms with Gasteiger partial charge in [0.2, 0.25) is 5.95 Å². The van der Waals surface area contributed by atoms with Crippen molar-refractivity contribution in [1.82, 2.24) is 9.97 Å². The molecule has 6 heteroatoms. The molecule has 2 rings (SSSR count). The predicted molar refractivity (Wildman–Crippen MR) is 73.3 cm³/mol. The van der Waals surface area contributed by atoms with E-state index in [1.807, 2.05) is 0 Å².